The number of carbonyl (C=O) groups excluding carboxylic acids is 1. The van der Waals surface area contributed by atoms with Crippen molar-refractivity contribution in [2.24, 2.45) is 11.3 Å². The Morgan fingerprint density at radius 3 is 2.00 bits per heavy atom. The molecule has 0 heterocycles. The van der Waals surface area contributed by atoms with Gasteiger partial charge in [0.15, 0.2) is 0 Å². The minimum atomic E-state index is 0.218. The van der Waals surface area contributed by atoms with E-state index in [0.717, 1.165) is 12.8 Å². The average Bonchev–Trinajstić information content (AvgIpc) is 1.57. The first kappa shape index (κ1) is 6.79. The summed E-state index contributed by atoms with van der Waals surface area (Å²) >= 11 is 0. The Hall–Kier alpha value is -0.330. The van der Waals surface area contributed by atoms with Gasteiger partial charge in [-0.3, -0.25) is 4.79 Å². The van der Waals surface area contributed by atoms with Crippen LogP contribution < -0.4 is 0 Å². The molecule has 0 amide bonds. The van der Waals surface area contributed by atoms with E-state index in [1.54, 1.807) is 0 Å². The van der Waals surface area contributed by atoms with Gasteiger partial charge in [0.25, 0.3) is 0 Å². The number of hydrogen-bond donors (Lipinski definition) is 0. The zero-order chi connectivity index (χ0) is 7.07. The molecule has 0 aromatic rings. The second-order valence-corrected chi connectivity index (χ2v) is 3.92. The first-order valence-electron chi connectivity index (χ1n) is 3.54. The predicted octanol–water partition coefficient (Wildman–Crippen LogP) is 2.01. The fourth-order valence-electron chi connectivity index (χ4n) is 1.32. The summed E-state index contributed by atoms with van der Waals surface area (Å²) < 4.78 is 0. The summed E-state index contributed by atoms with van der Waals surface area (Å²) in [7, 11) is 0. The lowest BCUT2D eigenvalue weighted by Crippen LogP contribution is -2.36. The molecule has 1 saturated carbocycles. The van der Waals surface area contributed by atoms with Crippen molar-refractivity contribution in [3.8, 4) is 0 Å². The van der Waals surface area contributed by atoms with Gasteiger partial charge < -0.3 is 0 Å². The third-order valence-electron chi connectivity index (χ3n) is 2.11. The molecule has 1 aliphatic rings. The van der Waals surface area contributed by atoms with Crippen molar-refractivity contribution in [2.75, 3.05) is 0 Å². The Morgan fingerprint density at radius 1 is 1.44 bits per heavy atom. The van der Waals surface area contributed by atoms with Crippen LogP contribution in [-0.4, -0.2) is 5.78 Å². The first-order chi connectivity index (χ1) is 4.02. The largest absolute Gasteiger partial charge is 0.299 e. The van der Waals surface area contributed by atoms with E-state index in [4.69, 9.17) is 0 Å². The molecule has 0 unspecified atom stereocenters. The molecule has 9 heavy (non-hydrogen) atoms. The van der Waals surface area contributed by atoms with Gasteiger partial charge in [0.1, 0.15) is 5.78 Å². The van der Waals surface area contributed by atoms with E-state index in [-0.39, 0.29) is 5.41 Å². The molecular formula is C8H14O. The van der Waals surface area contributed by atoms with Crippen molar-refractivity contribution in [1.82, 2.24) is 0 Å². The number of hydrogen-bond acceptors (Lipinski definition) is 1. The molecule has 0 spiro atoms. The van der Waals surface area contributed by atoms with E-state index in [0.29, 0.717) is 11.7 Å². The minimum absolute atomic E-state index is 0.218. The number of Topliss-reactive ketones (excluding diaryl/α,β-unsaturated/α-hetero) is 1. The normalized spacial score (nSPS) is 27.9. The van der Waals surface area contributed by atoms with Gasteiger partial charge >= 0.3 is 0 Å². The molecule has 0 aromatic heterocycles. The molecule has 0 aromatic carbocycles. The van der Waals surface area contributed by atoms with Crippen molar-refractivity contribution in [1.29, 1.82) is 0 Å². The van der Waals surface area contributed by atoms with Crippen LogP contribution in [0, 0.1) is 11.3 Å². The Balaban J connectivity index is 2.54. The van der Waals surface area contributed by atoms with Crippen LogP contribution in [0.25, 0.3) is 0 Å². The highest BCUT2D eigenvalue weighted by molar-refractivity contribution is 5.86. The summed E-state index contributed by atoms with van der Waals surface area (Å²) in [4.78, 5) is 10.9. The molecule has 0 bridgehead atoms. The summed E-state index contributed by atoms with van der Waals surface area (Å²) in [5, 5.41) is 0. The lowest BCUT2D eigenvalue weighted by atomic mass is 9.68. The van der Waals surface area contributed by atoms with Crippen molar-refractivity contribution in [2.45, 2.75) is 33.6 Å². The van der Waals surface area contributed by atoms with Crippen LogP contribution >= 0.6 is 0 Å². The number of ketones is 1. The molecule has 1 rings (SSSR count). The summed E-state index contributed by atoms with van der Waals surface area (Å²) in [6, 6.07) is 0. The SMILES string of the molecule is CC(C)(C)[C@@H]1CCC1=O. The molecule has 1 fully saturated rings. The standard InChI is InChI=1S/C8H14O/c1-8(2,3)6-4-5-7(6)9/h6H,4-5H2,1-3H3/t6-/m1/s1. The zero-order valence-corrected chi connectivity index (χ0v) is 6.40. The second-order valence-electron chi connectivity index (χ2n) is 3.92. The molecule has 1 heteroatoms. The van der Waals surface area contributed by atoms with Crippen LogP contribution in [0.1, 0.15) is 33.6 Å². The van der Waals surface area contributed by atoms with Crippen LogP contribution in [0.15, 0.2) is 0 Å². The van der Waals surface area contributed by atoms with Crippen LogP contribution in [0.3, 0.4) is 0 Å². The van der Waals surface area contributed by atoms with Gasteiger partial charge in [-0.1, -0.05) is 20.8 Å². The van der Waals surface area contributed by atoms with Crippen molar-refractivity contribution < 1.29 is 4.79 Å². The fraction of sp³-hybridized carbons (Fsp3) is 0.875. The smallest absolute Gasteiger partial charge is 0.136 e. The molecule has 52 valence electrons. The highest BCUT2D eigenvalue weighted by atomic mass is 16.1. The van der Waals surface area contributed by atoms with Crippen molar-refractivity contribution >= 4 is 5.78 Å². The monoisotopic (exact) mass is 126 g/mol. The summed E-state index contributed by atoms with van der Waals surface area (Å²) in [6.07, 6.45) is 1.93. The van der Waals surface area contributed by atoms with Crippen molar-refractivity contribution in [3.63, 3.8) is 0 Å². The maximum atomic E-state index is 10.9. The van der Waals surface area contributed by atoms with E-state index in [1.807, 2.05) is 0 Å². The van der Waals surface area contributed by atoms with E-state index in [9.17, 15) is 4.79 Å². The van der Waals surface area contributed by atoms with Crippen LogP contribution in [-0.2, 0) is 4.79 Å². The van der Waals surface area contributed by atoms with E-state index >= 15 is 0 Å². The molecule has 1 atom stereocenters. The van der Waals surface area contributed by atoms with Crippen molar-refractivity contribution in [3.05, 3.63) is 0 Å². The van der Waals surface area contributed by atoms with Crippen LogP contribution in [0.4, 0.5) is 0 Å². The van der Waals surface area contributed by atoms with E-state index < -0.39 is 0 Å². The minimum Gasteiger partial charge on any atom is -0.299 e. The maximum absolute atomic E-state index is 10.9. The van der Waals surface area contributed by atoms with E-state index in [1.165, 1.54) is 0 Å². The lowest BCUT2D eigenvalue weighted by Gasteiger charge is -2.35. The third-order valence-corrected chi connectivity index (χ3v) is 2.11. The second kappa shape index (κ2) is 1.83. The van der Waals surface area contributed by atoms with Gasteiger partial charge in [-0.2, -0.15) is 0 Å². The third kappa shape index (κ3) is 1.15. The van der Waals surface area contributed by atoms with E-state index in [2.05, 4.69) is 20.8 Å². The van der Waals surface area contributed by atoms with Gasteiger partial charge in [0.05, 0.1) is 0 Å². The molecule has 0 N–H and O–H groups in total. The maximum Gasteiger partial charge on any atom is 0.136 e. The molecule has 0 aliphatic heterocycles. The first-order valence-corrected chi connectivity index (χ1v) is 3.54. The highest BCUT2D eigenvalue weighted by Gasteiger charge is 2.37. The highest BCUT2D eigenvalue weighted by Crippen LogP contribution is 2.38. The molecule has 1 aliphatic carbocycles. The lowest BCUT2D eigenvalue weighted by molar-refractivity contribution is -0.133. The number of rotatable bonds is 0. The Morgan fingerprint density at radius 2 is 2.00 bits per heavy atom. The van der Waals surface area contributed by atoms with Gasteiger partial charge in [0, 0.05) is 12.3 Å². The van der Waals surface area contributed by atoms with Crippen LogP contribution in [0.2, 0.25) is 0 Å². The average molecular weight is 126 g/mol. The quantitative estimate of drug-likeness (QED) is 0.485. The number of carbonyl (C=O) groups is 1. The Bertz CT molecular complexity index is 130. The van der Waals surface area contributed by atoms with Gasteiger partial charge in [0.2, 0.25) is 0 Å². The zero-order valence-electron chi connectivity index (χ0n) is 6.40. The summed E-state index contributed by atoms with van der Waals surface area (Å²) in [5.41, 5.74) is 0.218. The molecule has 0 saturated heterocycles. The predicted molar refractivity (Wildman–Crippen MR) is 37.2 cm³/mol. The Kier molecular flexibility index (Phi) is 1.38. The van der Waals surface area contributed by atoms with Crippen LogP contribution in [0.5, 0.6) is 0 Å². The molecular weight excluding hydrogens is 112 g/mol. The molecule has 0 radical (unpaired) electrons. The summed E-state index contributed by atoms with van der Waals surface area (Å²) in [6.45, 7) is 6.40. The Labute approximate surface area is 56.4 Å². The fourth-order valence-corrected chi connectivity index (χ4v) is 1.32. The van der Waals surface area contributed by atoms with Gasteiger partial charge in [-0.05, 0) is 11.8 Å². The van der Waals surface area contributed by atoms with Gasteiger partial charge in [-0.25, -0.2) is 0 Å². The molecule has 1 nitrogen and oxygen atoms in total. The topological polar surface area (TPSA) is 17.1 Å². The summed E-state index contributed by atoms with van der Waals surface area (Å²) in [5.74, 6) is 0.819. The van der Waals surface area contributed by atoms with Gasteiger partial charge in [-0.15, -0.1) is 0 Å².